The Labute approximate surface area is 145 Å². The maximum absolute atomic E-state index is 12.4. The number of nitrogens with zero attached hydrogens (tertiary/aromatic N) is 2. The van der Waals surface area contributed by atoms with E-state index in [9.17, 15) is 18.0 Å². The van der Waals surface area contributed by atoms with Gasteiger partial charge in [-0.3, -0.25) is 4.79 Å². The van der Waals surface area contributed by atoms with E-state index in [4.69, 9.17) is 4.74 Å². The summed E-state index contributed by atoms with van der Waals surface area (Å²) in [4.78, 5) is 27.1. The molecule has 0 spiro atoms. The van der Waals surface area contributed by atoms with E-state index >= 15 is 0 Å². The molecule has 0 aliphatic carbocycles. The molecule has 2 rings (SSSR count). The van der Waals surface area contributed by atoms with Crippen molar-refractivity contribution in [2.75, 3.05) is 32.8 Å². The van der Waals surface area contributed by atoms with Crippen LogP contribution >= 0.6 is 11.3 Å². The molecule has 24 heavy (non-hydrogen) atoms. The van der Waals surface area contributed by atoms with Crippen LogP contribution in [0.1, 0.15) is 13.8 Å². The van der Waals surface area contributed by atoms with Crippen molar-refractivity contribution in [2.24, 2.45) is 0 Å². The zero-order valence-electron chi connectivity index (χ0n) is 13.6. The average Bonchev–Trinajstić information content (AvgIpc) is 3.09. The first-order valence-corrected chi connectivity index (χ1v) is 9.97. The number of hydrogen-bond acceptors (Lipinski definition) is 6. The van der Waals surface area contributed by atoms with Gasteiger partial charge in [-0.1, -0.05) is 6.07 Å². The van der Waals surface area contributed by atoms with Gasteiger partial charge in [-0.25, -0.2) is 13.2 Å². The largest absolute Gasteiger partial charge is 0.450 e. The van der Waals surface area contributed by atoms with Crippen LogP contribution in [-0.2, 0) is 19.6 Å². The van der Waals surface area contributed by atoms with Crippen LogP contribution in [0.3, 0.4) is 0 Å². The number of ether oxygens (including phenoxy) is 1. The second kappa shape index (κ2) is 7.95. The van der Waals surface area contributed by atoms with Crippen molar-refractivity contribution in [3.8, 4) is 0 Å². The monoisotopic (exact) mass is 375 g/mol. The summed E-state index contributed by atoms with van der Waals surface area (Å²) in [5.41, 5.74) is 0. The van der Waals surface area contributed by atoms with Gasteiger partial charge in [0, 0.05) is 26.2 Å². The number of amides is 2. The van der Waals surface area contributed by atoms with E-state index in [1.807, 2.05) is 0 Å². The minimum atomic E-state index is -3.69. The Hall–Kier alpha value is -1.65. The molecule has 2 amide bonds. The van der Waals surface area contributed by atoms with Crippen molar-refractivity contribution >= 4 is 33.4 Å². The van der Waals surface area contributed by atoms with Crippen molar-refractivity contribution in [1.82, 2.24) is 14.5 Å². The van der Waals surface area contributed by atoms with Crippen molar-refractivity contribution in [3.63, 3.8) is 0 Å². The molecule has 0 radical (unpaired) electrons. The first kappa shape index (κ1) is 18.7. The highest BCUT2D eigenvalue weighted by atomic mass is 32.2. The average molecular weight is 375 g/mol. The lowest BCUT2D eigenvalue weighted by Gasteiger charge is -2.35. The van der Waals surface area contributed by atoms with Crippen LogP contribution in [-0.4, -0.2) is 69.0 Å². The molecular weight excluding hydrogens is 354 g/mol. The van der Waals surface area contributed by atoms with Crippen LogP contribution in [0.5, 0.6) is 0 Å². The summed E-state index contributed by atoms with van der Waals surface area (Å²) in [7, 11) is -3.69. The molecular formula is C14H21N3O5S2. The summed E-state index contributed by atoms with van der Waals surface area (Å²) < 4.78 is 31.8. The van der Waals surface area contributed by atoms with E-state index in [2.05, 4.69) is 4.72 Å². The Bertz CT molecular complexity index is 667. The summed E-state index contributed by atoms with van der Waals surface area (Å²) in [6.45, 7) is 5.00. The molecule has 1 aliphatic rings. The lowest BCUT2D eigenvalue weighted by atomic mass is 10.2. The Morgan fingerprint density at radius 1 is 1.29 bits per heavy atom. The molecule has 134 valence electrons. The molecule has 0 saturated carbocycles. The second-order valence-electron chi connectivity index (χ2n) is 5.29. The molecule has 2 heterocycles. The highest BCUT2D eigenvalue weighted by Crippen LogP contribution is 2.16. The number of hydrogen-bond donors (Lipinski definition) is 1. The molecule has 10 heteroatoms. The molecule has 1 saturated heterocycles. The zero-order chi connectivity index (χ0) is 17.7. The fourth-order valence-electron chi connectivity index (χ4n) is 2.36. The first-order chi connectivity index (χ1) is 11.3. The van der Waals surface area contributed by atoms with Crippen LogP contribution in [0.4, 0.5) is 4.79 Å². The standard InChI is InChI=1S/C14H21N3O5S2/c1-3-22-14(19)17-8-6-16(7-9-17)13(18)11(2)15-24(20,21)12-5-4-10-23-12/h4-5,10-11,15H,3,6-9H2,1-2H3/t11-/m1/s1. The number of carbonyl (C=O) groups is 2. The fraction of sp³-hybridized carbons (Fsp3) is 0.571. The van der Waals surface area contributed by atoms with E-state index in [0.717, 1.165) is 11.3 Å². The Balaban J connectivity index is 1.90. The third kappa shape index (κ3) is 4.46. The maximum atomic E-state index is 12.4. The summed E-state index contributed by atoms with van der Waals surface area (Å²) in [5, 5.41) is 1.66. The van der Waals surface area contributed by atoms with E-state index in [0.29, 0.717) is 32.8 Å². The van der Waals surface area contributed by atoms with Gasteiger partial charge in [0.2, 0.25) is 5.91 Å². The molecule has 1 fully saturated rings. The van der Waals surface area contributed by atoms with Crippen LogP contribution < -0.4 is 4.72 Å². The Morgan fingerprint density at radius 3 is 2.46 bits per heavy atom. The number of nitrogens with one attached hydrogen (secondary N) is 1. The van der Waals surface area contributed by atoms with Gasteiger partial charge in [0.15, 0.2) is 0 Å². The number of sulfonamides is 1. The van der Waals surface area contributed by atoms with Crippen molar-refractivity contribution in [1.29, 1.82) is 0 Å². The minimum absolute atomic E-state index is 0.175. The number of thiophene rings is 1. The van der Waals surface area contributed by atoms with Gasteiger partial charge in [0.1, 0.15) is 4.21 Å². The Kier molecular flexibility index (Phi) is 6.19. The topological polar surface area (TPSA) is 96.0 Å². The van der Waals surface area contributed by atoms with Crippen molar-refractivity contribution in [3.05, 3.63) is 17.5 Å². The van der Waals surface area contributed by atoms with Gasteiger partial charge in [0.05, 0.1) is 12.6 Å². The molecule has 1 N–H and O–H groups in total. The highest BCUT2D eigenvalue weighted by Gasteiger charge is 2.30. The molecule has 1 aromatic heterocycles. The summed E-state index contributed by atoms with van der Waals surface area (Å²) in [5.74, 6) is -0.307. The molecule has 1 atom stereocenters. The van der Waals surface area contributed by atoms with Crippen LogP contribution in [0, 0.1) is 0 Å². The molecule has 8 nitrogen and oxygen atoms in total. The quantitative estimate of drug-likeness (QED) is 0.818. The van der Waals surface area contributed by atoms with Gasteiger partial charge >= 0.3 is 6.09 Å². The molecule has 1 aromatic rings. The van der Waals surface area contributed by atoms with Gasteiger partial charge < -0.3 is 14.5 Å². The fourth-order valence-corrected chi connectivity index (χ4v) is 4.56. The predicted octanol–water partition coefficient (Wildman–Crippen LogP) is 0.716. The smallest absolute Gasteiger partial charge is 0.409 e. The molecule has 0 unspecified atom stereocenters. The molecule has 0 bridgehead atoms. The SMILES string of the molecule is CCOC(=O)N1CCN(C(=O)[C@@H](C)NS(=O)(=O)c2cccs2)CC1. The van der Waals surface area contributed by atoms with Gasteiger partial charge in [-0.05, 0) is 25.3 Å². The Morgan fingerprint density at radius 2 is 1.92 bits per heavy atom. The number of piperazine rings is 1. The lowest BCUT2D eigenvalue weighted by Crippen LogP contribution is -2.55. The third-order valence-corrected chi connectivity index (χ3v) is 6.52. The molecule has 1 aliphatic heterocycles. The predicted molar refractivity (Wildman–Crippen MR) is 89.3 cm³/mol. The maximum Gasteiger partial charge on any atom is 0.409 e. The molecule has 0 aromatic carbocycles. The minimum Gasteiger partial charge on any atom is -0.450 e. The normalized spacial score (nSPS) is 16.8. The summed E-state index contributed by atoms with van der Waals surface area (Å²) in [6.07, 6.45) is -0.393. The second-order valence-corrected chi connectivity index (χ2v) is 8.17. The van der Waals surface area contributed by atoms with E-state index in [1.54, 1.807) is 23.3 Å². The van der Waals surface area contributed by atoms with Gasteiger partial charge in [0.25, 0.3) is 10.0 Å². The van der Waals surface area contributed by atoms with E-state index < -0.39 is 22.2 Å². The van der Waals surface area contributed by atoms with Crippen molar-refractivity contribution < 1.29 is 22.7 Å². The van der Waals surface area contributed by atoms with Crippen LogP contribution in [0.2, 0.25) is 0 Å². The summed E-state index contributed by atoms with van der Waals surface area (Å²) >= 11 is 1.09. The first-order valence-electron chi connectivity index (χ1n) is 7.61. The van der Waals surface area contributed by atoms with Crippen molar-refractivity contribution in [2.45, 2.75) is 24.1 Å². The third-order valence-electron chi connectivity index (χ3n) is 3.58. The number of carbonyl (C=O) groups excluding carboxylic acids is 2. The van der Waals surface area contributed by atoms with E-state index in [1.165, 1.54) is 17.9 Å². The zero-order valence-corrected chi connectivity index (χ0v) is 15.2. The van der Waals surface area contributed by atoms with Gasteiger partial charge in [-0.2, -0.15) is 4.72 Å². The highest BCUT2D eigenvalue weighted by molar-refractivity contribution is 7.91. The summed E-state index contributed by atoms with van der Waals surface area (Å²) in [6, 6.07) is 2.26. The van der Waals surface area contributed by atoms with Crippen LogP contribution in [0.25, 0.3) is 0 Å². The van der Waals surface area contributed by atoms with Crippen LogP contribution in [0.15, 0.2) is 21.7 Å². The number of rotatable bonds is 5. The van der Waals surface area contributed by atoms with Gasteiger partial charge in [-0.15, -0.1) is 11.3 Å². The lowest BCUT2D eigenvalue weighted by molar-refractivity contribution is -0.134. The van der Waals surface area contributed by atoms with E-state index in [-0.39, 0.29) is 10.1 Å².